The quantitative estimate of drug-likeness (QED) is 0.611. The van der Waals surface area contributed by atoms with Crippen molar-refractivity contribution in [3.05, 3.63) is 63.1 Å². The van der Waals surface area contributed by atoms with Crippen molar-refractivity contribution in [2.45, 2.75) is 18.8 Å². The molecule has 0 bridgehead atoms. The Morgan fingerprint density at radius 3 is 2.42 bits per heavy atom. The van der Waals surface area contributed by atoms with E-state index in [1.165, 1.54) is 11.6 Å². The summed E-state index contributed by atoms with van der Waals surface area (Å²) in [5.74, 6) is -0.495. The Morgan fingerprint density at radius 2 is 1.85 bits per heavy atom. The molecule has 1 fully saturated rings. The van der Waals surface area contributed by atoms with Crippen molar-refractivity contribution in [3.8, 4) is 0 Å². The zero-order chi connectivity index (χ0) is 18.7. The molecule has 1 heterocycles. The Balaban J connectivity index is 1.57. The van der Waals surface area contributed by atoms with Gasteiger partial charge in [-0.15, -0.1) is 0 Å². The first-order chi connectivity index (χ1) is 12.4. The second-order valence-corrected chi connectivity index (χ2v) is 7.95. The van der Waals surface area contributed by atoms with E-state index < -0.39 is 5.97 Å². The molecule has 2 N–H and O–H groups in total. The van der Waals surface area contributed by atoms with Gasteiger partial charge in [-0.25, -0.2) is 4.79 Å². The van der Waals surface area contributed by atoms with E-state index in [1.54, 1.807) is 12.1 Å². The van der Waals surface area contributed by atoms with Crippen LogP contribution in [0.3, 0.4) is 0 Å². The van der Waals surface area contributed by atoms with E-state index in [4.69, 9.17) is 28.9 Å². The van der Waals surface area contributed by atoms with Crippen LogP contribution in [0.4, 0.5) is 5.69 Å². The van der Waals surface area contributed by atoms with Crippen molar-refractivity contribution in [2.24, 2.45) is 0 Å². The number of rotatable bonds is 3. The molecule has 3 rings (SSSR count). The van der Waals surface area contributed by atoms with Gasteiger partial charge in [0, 0.05) is 23.2 Å². The van der Waals surface area contributed by atoms with Gasteiger partial charge in [-0.05, 0) is 66.9 Å². The van der Waals surface area contributed by atoms with Crippen molar-refractivity contribution >= 4 is 56.5 Å². The third-order valence-electron chi connectivity index (χ3n) is 4.57. The number of piperidine rings is 1. The molecular formula is C19H18BrClN2O2S. The van der Waals surface area contributed by atoms with E-state index in [1.807, 2.05) is 0 Å². The summed E-state index contributed by atoms with van der Waals surface area (Å²) in [6.07, 6.45) is 2.09. The number of nitrogens with zero attached hydrogens (tertiary/aromatic N) is 1. The molecule has 0 atom stereocenters. The van der Waals surface area contributed by atoms with Gasteiger partial charge in [0.2, 0.25) is 0 Å². The lowest BCUT2D eigenvalue weighted by molar-refractivity contribution is 0.0697. The lowest BCUT2D eigenvalue weighted by Gasteiger charge is -2.34. The summed E-state index contributed by atoms with van der Waals surface area (Å²) in [6, 6.07) is 13.3. The average molecular weight is 454 g/mol. The van der Waals surface area contributed by atoms with Gasteiger partial charge >= 0.3 is 5.97 Å². The molecule has 7 heteroatoms. The summed E-state index contributed by atoms with van der Waals surface area (Å²) in [5.41, 5.74) is 2.14. The van der Waals surface area contributed by atoms with Crippen molar-refractivity contribution in [1.82, 2.24) is 4.90 Å². The molecule has 26 heavy (non-hydrogen) atoms. The van der Waals surface area contributed by atoms with Crippen molar-refractivity contribution in [2.75, 3.05) is 18.4 Å². The normalized spacial score (nSPS) is 14.9. The molecule has 4 nitrogen and oxygen atoms in total. The molecule has 1 aliphatic rings. The van der Waals surface area contributed by atoms with E-state index in [9.17, 15) is 4.79 Å². The third kappa shape index (κ3) is 4.55. The summed E-state index contributed by atoms with van der Waals surface area (Å²) in [5, 5.41) is 13.0. The van der Waals surface area contributed by atoms with Gasteiger partial charge in [-0.3, -0.25) is 0 Å². The predicted molar refractivity (Wildman–Crippen MR) is 112 cm³/mol. The number of benzene rings is 2. The second kappa shape index (κ2) is 8.37. The van der Waals surface area contributed by atoms with E-state index in [2.05, 4.69) is 50.4 Å². The first-order valence-corrected chi connectivity index (χ1v) is 9.86. The summed E-state index contributed by atoms with van der Waals surface area (Å²) >= 11 is 15.0. The number of hydrogen-bond acceptors (Lipinski definition) is 2. The van der Waals surface area contributed by atoms with Gasteiger partial charge in [0.25, 0.3) is 0 Å². The number of carbonyl (C=O) groups is 1. The lowest BCUT2D eigenvalue weighted by atomic mass is 9.90. The van der Waals surface area contributed by atoms with E-state index in [-0.39, 0.29) is 10.6 Å². The summed E-state index contributed by atoms with van der Waals surface area (Å²) in [4.78, 5) is 13.2. The van der Waals surface area contributed by atoms with Crippen LogP contribution in [0.5, 0.6) is 0 Å². The van der Waals surface area contributed by atoms with Crippen molar-refractivity contribution in [3.63, 3.8) is 0 Å². The number of halogens is 2. The van der Waals surface area contributed by atoms with Crippen LogP contribution in [0.2, 0.25) is 5.02 Å². The zero-order valence-electron chi connectivity index (χ0n) is 13.9. The van der Waals surface area contributed by atoms with Crippen LogP contribution in [0.15, 0.2) is 46.9 Å². The smallest absolute Gasteiger partial charge is 0.337 e. The fourth-order valence-electron chi connectivity index (χ4n) is 3.12. The molecule has 0 aliphatic carbocycles. The van der Waals surface area contributed by atoms with Gasteiger partial charge in [0.05, 0.1) is 10.6 Å². The van der Waals surface area contributed by atoms with Crippen LogP contribution in [0.25, 0.3) is 0 Å². The van der Waals surface area contributed by atoms with Crippen LogP contribution in [0.1, 0.15) is 34.7 Å². The molecule has 0 radical (unpaired) electrons. The van der Waals surface area contributed by atoms with E-state index in [0.717, 1.165) is 30.4 Å². The fourth-order valence-corrected chi connectivity index (χ4v) is 3.95. The maximum absolute atomic E-state index is 11.0. The monoisotopic (exact) mass is 452 g/mol. The minimum atomic E-state index is -1.04. The highest BCUT2D eigenvalue weighted by Crippen LogP contribution is 2.29. The number of carboxylic acids is 1. The van der Waals surface area contributed by atoms with Crippen LogP contribution < -0.4 is 5.32 Å². The molecule has 2 aromatic rings. The minimum absolute atomic E-state index is 0.0819. The zero-order valence-corrected chi connectivity index (χ0v) is 17.1. The van der Waals surface area contributed by atoms with Crippen molar-refractivity contribution in [1.29, 1.82) is 0 Å². The molecule has 136 valence electrons. The van der Waals surface area contributed by atoms with Gasteiger partial charge in [0.15, 0.2) is 5.11 Å². The van der Waals surface area contributed by atoms with Gasteiger partial charge in [-0.2, -0.15) is 0 Å². The summed E-state index contributed by atoms with van der Waals surface area (Å²) < 4.78 is 1.09. The van der Waals surface area contributed by atoms with E-state index >= 15 is 0 Å². The summed E-state index contributed by atoms with van der Waals surface area (Å²) in [6.45, 7) is 1.76. The fraction of sp³-hybridized carbons (Fsp3) is 0.263. The number of nitrogens with one attached hydrogen (secondary N) is 1. The Bertz CT molecular complexity index is 821. The van der Waals surface area contributed by atoms with E-state index in [0.29, 0.717) is 16.7 Å². The van der Waals surface area contributed by atoms with Gasteiger partial charge in [0.1, 0.15) is 0 Å². The Morgan fingerprint density at radius 1 is 1.19 bits per heavy atom. The predicted octanol–water partition coefficient (Wildman–Crippen LogP) is 5.38. The van der Waals surface area contributed by atoms with Crippen LogP contribution in [-0.2, 0) is 0 Å². The molecule has 0 saturated carbocycles. The number of hydrogen-bond donors (Lipinski definition) is 2. The number of anilines is 1. The molecule has 1 saturated heterocycles. The molecular weight excluding hydrogens is 436 g/mol. The highest BCUT2D eigenvalue weighted by Gasteiger charge is 2.22. The molecule has 0 unspecified atom stereocenters. The first-order valence-electron chi connectivity index (χ1n) is 8.28. The van der Waals surface area contributed by atoms with Gasteiger partial charge in [-0.1, -0.05) is 39.7 Å². The average Bonchev–Trinajstić information content (AvgIpc) is 2.62. The molecule has 0 spiro atoms. The Labute approximate surface area is 171 Å². The molecule has 2 aromatic carbocycles. The summed E-state index contributed by atoms with van der Waals surface area (Å²) in [7, 11) is 0. The SMILES string of the molecule is O=C(O)c1ccc(NC(=S)N2CCC(c3ccc(Br)cc3)CC2)cc1Cl. The van der Waals surface area contributed by atoms with Crippen LogP contribution >= 0.6 is 39.7 Å². The first kappa shape index (κ1) is 19.1. The number of aromatic carboxylic acids is 1. The standard InChI is InChI=1S/C19H18BrClN2O2S/c20-14-3-1-12(2-4-14)13-7-9-23(10-8-13)19(26)22-15-5-6-16(18(24)25)17(21)11-15/h1-6,11,13H,7-10H2,(H,22,26)(H,24,25). The highest BCUT2D eigenvalue weighted by atomic mass is 79.9. The second-order valence-electron chi connectivity index (χ2n) is 6.24. The van der Waals surface area contributed by atoms with Crippen molar-refractivity contribution < 1.29 is 9.90 Å². The largest absolute Gasteiger partial charge is 0.478 e. The topological polar surface area (TPSA) is 52.6 Å². The minimum Gasteiger partial charge on any atom is -0.478 e. The maximum Gasteiger partial charge on any atom is 0.337 e. The highest BCUT2D eigenvalue weighted by molar-refractivity contribution is 9.10. The van der Waals surface area contributed by atoms with Gasteiger partial charge < -0.3 is 15.3 Å². The lowest BCUT2D eigenvalue weighted by Crippen LogP contribution is -2.40. The number of likely N-dealkylation sites (tertiary alicyclic amines) is 1. The molecule has 0 amide bonds. The molecule has 1 aliphatic heterocycles. The number of carboxylic acid groups (broad SMARTS) is 1. The third-order valence-corrected chi connectivity index (χ3v) is 5.78. The molecule has 0 aromatic heterocycles. The number of thiocarbonyl (C=S) groups is 1. The Kier molecular flexibility index (Phi) is 6.16. The van der Waals surface area contributed by atoms with Crippen LogP contribution in [-0.4, -0.2) is 34.2 Å². The van der Waals surface area contributed by atoms with Crippen LogP contribution in [0, 0.1) is 0 Å². The maximum atomic E-state index is 11.0. The Hall–Kier alpha value is -1.63.